The Morgan fingerprint density at radius 3 is 2.80 bits per heavy atom. The van der Waals surface area contributed by atoms with Gasteiger partial charge < -0.3 is 0 Å². The molecule has 1 heterocycles. The van der Waals surface area contributed by atoms with E-state index in [9.17, 15) is 0 Å². The number of hydrogen-bond acceptors (Lipinski definition) is 3. The van der Waals surface area contributed by atoms with Crippen LogP contribution in [-0.4, -0.2) is 15.7 Å². The van der Waals surface area contributed by atoms with E-state index in [1.54, 1.807) is 0 Å². The third-order valence-electron chi connectivity index (χ3n) is 2.72. The number of hydrogen-bond donors (Lipinski definition) is 0. The SMILES string of the molecule is Cc1nc(Cl)cc(SCC2CCCC2)n1. The van der Waals surface area contributed by atoms with Crippen LogP contribution in [0, 0.1) is 12.8 Å². The third kappa shape index (κ3) is 3.35. The molecule has 2 nitrogen and oxygen atoms in total. The Bertz CT molecular complexity index is 317. The molecule has 0 radical (unpaired) electrons. The van der Waals surface area contributed by atoms with Gasteiger partial charge in [0.25, 0.3) is 0 Å². The Morgan fingerprint density at radius 1 is 1.40 bits per heavy atom. The Balaban J connectivity index is 1.92. The highest BCUT2D eigenvalue weighted by Gasteiger charge is 2.15. The highest BCUT2D eigenvalue weighted by molar-refractivity contribution is 7.99. The van der Waals surface area contributed by atoms with Crippen LogP contribution in [0.4, 0.5) is 0 Å². The van der Waals surface area contributed by atoms with E-state index in [2.05, 4.69) is 9.97 Å². The topological polar surface area (TPSA) is 25.8 Å². The van der Waals surface area contributed by atoms with Gasteiger partial charge in [0.15, 0.2) is 0 Å². The van der Waals surface area contributed by atoms with Crippen LogP contribution in [0.5, 0.6) is 0 Å². The van der Waals surface area contributed by atoms with Gasteiger partial charge in [0, 0.05) is 11.8 Å². The van der Waals surface area contributed by atoms with Crippen molar-refractivity contribution in [2.45, 2.75) is 37.6 Å². The van der Waals surface area contributed by atoms with Crippen molar-refractivity contribution in [1.82, 2.24) is 9.97 Å². The zero-order valence-corrected chi connectivity index (χ0v) is 10.4. The van der Waals surface area contributed by atoms with Gasteiger partial charge in [0.2, 0.25) is 0 Å². The van der Waals surface area contributed by atoms with E-state index in [1.165, 1.54) is 31.4 Å². The standard InChI is InChI=1S/C11H15ClN2S/c1-8-13-10(12)6-11(14-8)15-7-9-4-2-3-5-9/h6,9H,2-5,7H2,1H3. The van der Waals surface area contributed by atoms with Crippen LogP contribution < -0.4 is 0 Å². The lowest BCUT2D eigenvalue weighted by Gasteiger charge is -2.07. The summed E-state index contributed by atoms with van der Waals surface area (Å²) in [6.07, 6.45) is 5.55. The molecule has 15 heavy (non-hydrogen) atoms. The largest absolute Gasteiger partial charge is 0.227 e. The summed E-state index contributed by atoms with van der Waals surface area (Å²) in [5.41, 5.74) is 0. The third-order valence-corrected chi connectivity index (χ3v) is 4.06. The summed E-state index contributed by atoms with van der Waals surface area (Å²) in [7, 11) is 0. The maximum absolute atomic E-state index is 5.88. The maximum atomic E-state index is 5.88. The smallest absolute Gasteiger partial charge is 0.133 e. The fraction of sp³-hybridized carbons (Fsp3) is 0.636. The van der Waals surface area contributed by atoms with Gasteiger partial charge in [-0.2, -0.15) is 0 Å². The van der Waals surface area contributed by atoms with Crippen LogP contribution >= 0.6 is 23.4 Å². The molecular weight excluding hydrogens is 228 g/mol. The van der Waals surface area contributed by atoms with Gasteiger partial charge in [-0.05, 0) is 25.7 Å². The quantitative estimate of drug-likeness (QED) is 0.597. The fourth-order valence-electron chi connectivity index (χ4n) is 1.96. The molecule has 4 heteroatoms. The molecule has 1 saturated carbocycles. The van der Waals surface area contributed by atoms with E-state index in [1.807, 2.05) is 24.8 Å². The fourth-order valence-corrected chi connectivity index (χ4v) is 3.38. The van der Waals surface area contributed by atoms with Crippen LogP contribution in [0.15, 0.2) is 11.1 Å². The molecule has 0 bridgehead atoms. The van der Waals surface area contributed by atoms with Gasteiger partial charge >= 0.3 is 0 Å². The molecule has 0 spiro atoms. The van der Waals surface area contributed by atoms with Gasteiger partial charge in [-0.15, -0.1) is 11.8 Å². The van der Waals surface area contributed by atoms with Crippen LogP contribution in [0.3, 0.4) is 0 Å². The van der Waals surface area contributed by atoms with Gasteiger partial charge in [0.05, 0.1) is 0 Å². The number of nitrogens with zero attached hydrogens (tertiary/aromatic N) is 2. The number of halogens is 1. The first-order chi connectivity index (χ1) is 7.24. The minimum absolute atomic E-state index is 0.552. The molecule has 2 rings (SSSR count). The molecule has 0 unspecified atom stereocenters. The number of rotatable bonds is 3. The van der Waals surface area contributed by atoms with Gasteiger partial charge in [0.1, 0.15) is 16.0 Å². The molecule has 1 aliphatic rings. The summed E-state index contributed by atoms with van der Waals surface area (Å²) < 4.78 is 0. The second kappa shape index (κ2) is 5.17. The first-order valence-electron chi connectivity index (χ1n) is 5.38. The second-order valence-corrected chi connectivity index (χ2v) is 5.47. The average molecular weight is 243 g/mol. The van der Waals surface area contributed by atoms with E-state index in [4.69, 9.17) is 11.6 Å². The minimum Gasteiger partial charge on any atom is -0.227 e. The molecule has 82 valence electrons. The van der Waals surface area contributed by atoms with Gasteiger partial charge in [-0.1, -0.05) is 24.4 Å². The van der Waals surface area contributed by atoms with Crippen LogP contribution in [0.25, 0.3) is 0 Å². The summed E-state index contributed by atoms with van der Waals surface area (Å²) in [6, 6.07) is 1.86. The molecule has 0 N–H and O–H groups in total. The summed E-state index contributed by atoms with van der Waals surface area (Å²) >= 11 is 7.69. The highest BCUT2D eigenvalue weighted by atomic mass is 35.5. The first-order valence-corrected chi connectivity index (χ1v) is 6.74. The molecule has 0 amide bonds. The van der Waals surface area contributed by atoms with Crippen molar-refractivity contribution in [2.75, 3.05) is 5.75 Å². The Kier molecular flexibility index (Phi) is 3.87. The van der Waals surface area contributed by atoms with Crippen molar-refractivity contribution in [3.8, 4) is 0 Å². The molecule has 1 aromatic rings. The lowest BCUT2D eigenvalue weighted by atomic mass is 10.1. The molecular formula is C11H15ClN2S. The number of thioether (sulfide) groups is 1. The van der Waals surface area contributed by atoms with E-state index in [0.29, 0.717) is 5.15 Å². The van der Waals surface area contributed by atoms with Crippen molar-refractivity contribution in [1.29, 1.82) is 0 Å². The predicted octanol–water partition coefficient (Wildman–Crippen LogP) is 3.72. The highest BCUT2D eigenvalue weighted by Crippen LogP contribution is 2.30. The average Bonchev–Trinajstić information content (AvgIpc) is 2.65. The Morgan fingerprint density at radius 2 is 2.13 bits per heavy atom. The van der Waals surface area contributed by atoms with Crippen LogP contribution in [0.1, 0.15) is 31.5 Å². The second-order valence-electron chi connectivity index (χ2n) is 4.04. The normalized spacial score (nSPS) is 17.2. The molecule has 0 aliphatic heterocycles. The van der Waals surface area contributed by atoms with Gasteiger partial charge in [-0.25, -0.2) is 9.97 Å². The molecule has 0 saturated heterocycles. The van der Waals surface area contributed by atoms with E-state index >= 15 is 0 Å². The van der Waals surface area contributed by atoms with Crippen molar-refractivity contribution >= 4 is 23.4 Å². The lowest BCUT2D eigenvalue weighted by Crippen LogP contribution is -1.98. The molecule has 1 aliphatic carbocycles. The summed E-state index contributed by atoms with van der Waals surface area (Å²) in [5.74, 6) is 2.81. The predicted molar refractivity (Wildman–Crippen MR) is 64.5 cm³/mol. The summed E-state index contributed by atoms with van der Waals surface area (Å²) in [4.78, 5) is 8.42. The Hall–Kier alpha value is -0.280. The van der Waals surface area contributed by atoms with E-state index < -0.39 is 0 Å². The van der Waals surface area contributed by atoms with E-state index in [0.717, 1.165) is 16.8 Å². The van der Waals surface area contributed by atoms with E-state index in [-0.39, 0.29) is 0 Å². The summed E-state index contributed by atoms with van der Waals surface area (Å²) in [5, 5.41) is 1.57. The lowest BCUT2D eigenvalue weighted by molar-refractivity contribution is 0.622. The van der Waals surface area contributed by atoms with Crippen LogP contribution in [0.2, 0.25) is 5.15 Å². The van der Waals surface area contributed by atoms with Crippen molar-refractivity contribution in [2.24, 2.45) is 5.92 Å². The molecule has 1 fully saturated rings. The van der Waals surface area contributed by atoms with Crippen molar-refractivity contribution in [3.63, 3.8) is 0 Å². The first kappa shape index (κ1) is 11.2. The Labute approximate surface area is 99.8 Å². The zero-order valence-electron chi connectivity index (χ0n) is 8.87. The molecule has 1 aromatic heterocycles. The molecule has 0 atom stereocenters. The zero-order chi connectivity index (χ0) is 10.7. The van der Waals surface area contributed by atoms with Crippen molar-refractivity contribution in [3.05, 3.63) is 17.0 Å². The summed E-state index contributed by atoms with van der Waals surface area (Å²) in [6.45, 7) is 1.88. The van der Waals surface area contributed by atoms with Crippen molar-refractivity contribution < 1.29 is 0 Å². The number of aryl methyl sites for hydroxylation is 1. The molecule has 0 aromatic carbocycles. The maximum Gasteiger partial charge on any atom is 0.133 e. The monoisotopic (exact) mass is 242 g/mol. The van der Waals surface area contributed by atoms with Crippen LogP contribution in [-0.2, 0) is 0 Å². The number of aromatic nitrogens is 2. The van der Waals surface area contributed by atoms with Gasteiger partial charge in [-0.3, -0.25) is 0 Å². The minimum atomic E-state index is 0.552.